The van der Waals surface area contributed by atoms with Crippen LogP contribution >= 0.6 is 0 Å². The van der Waals surface area contributed by atoms with Crippen molar-refractivity contribution in [2.75, 3.05) is 7.11 Å². The lowest BCUT2D eigenvalue weighted by Gasteiger charge is -2.41. The molecule has 0 aromatic rings. The smallest absolute Gasteiger partial charge is 0.397 e. The van der Waals surface area contributed by atoms with Gasteiger partial charge in [-0.2, -0.15) is 13.2 Å². The Balaban J connectivity index is 2.12. The Kier molecular flexibility index (Phi) is 4.46. The molecule has 120 valence electrons. The summed E-state index contributed by atoms with van der Waals surface area (Å²) in [6.07, 6.45) is -5.87. The fourth-order valence-electron chi connectivity index (χ4n) is 3.13. The molecule has 0 aromatic heterocycles. The summed E-state index contributed by atoms with van der Waals surface area (Å²) in [4.78, 5) is 24.7. The van der Waals surface area contributed by atoms with Crippen LogP contribution in [-0.4, -0.2) is 54.4 Å². The maximum absolute atomic E-state index is 12.4. The minimum Gasteiger partial charge on any atom is -0.467 e. The van der Waals surface area contributed by atoms with Crippen molar-refractivity contribution in [2.24, 2.45) is 0 Å². The molecule has 0 N–H and O–H groups in total. The molecule has 2 fully saturated rings. The molecule has 21 heavy (non-hydrogen) atoms. The van der Waals surface area contributed by atoms with Crippen LogP contribution in [0.15, 0.2) is 0 Å². The van der Waals surface area contributed by atoms with E-state index in [0.29, 0.717) is 12.8 Å². The molecule has 0 aromatic carbocycles. The van der Waals surface area contributed by atoms with E-state index in [4.69, 9.17) is 4.74 Å². The third-order valence-electron chi connectivity index (χ3n) is 4.03. The van der Waals surface area contributed by atoms with Gasteiger partial charge in [0, 0.05) is 12.5 Å². The van der Waals surface area contributed by atoms with E-state index in [2.05, 4.69) is 4.74 Å². The number of esters is 1. The van der Waals surface area contributed by atoms with Crippen molar-refractivity contribution in [1.29, 1.82) is 0 Å². The van der Waals surface area contributed by atoms with Crippen molar-refractivity contribution in [2.45, 2.75) is 63.1 Å². The van der Waals surface area contributed by atoms with Crippen molar-refractivity contribution in [3.63, 3.8) is 0 Å². The molecule has 2 saturated heterocycles. The Hall–Kier alpha value is -1.31. The van der Waals surface area contributed by atoms with Gasteiger partial charge in [0.25, 0.3) is 0 Å². The average molecular weight is 309 g/mol. The number of likely N-dealkylation sites (tertiary alicyclic amines) is 1. The summed E-state index contributed by atoms with van der Waals surface area (Å²) >= 11 is 0. The number of alkyl halides is 3. The number of halogens is 3. The van der Waals surface area contributed by atoms with Gasteiger partial charge in [0.1, 0.15) is 6.42 Å². The van der Waals surface area contributed by atoms with Gasteiger partial charge in [0.2, 0.25) is 5.91 Å². The lowest BCUT2D eigenvalue weighted by Crippen LogP contribution is -2.54. The van der Waals surface area contributed by atoms with E-state index in [1.807, 2.05) is 0 Å². The van der Waals surface area contributed by atoms with Crippen LogP contribution < -0.4 is 0 Å². The monoisotopic (exact) mass is 309 g/mol. The summed E-state index contributed by atoms with van der Waals surface area (Å²) in [5.74, 6) is -1.51. The zero-order chi connectivity index (χ0) is 15.8. The maximum atomic E-state index is 12.4. The molecule has 0 bridgehead atoms. The minimum absolute atomic E-state index is 0.186. The Labute approximate surface area is 120 Å². The Morgan fingerprint density at radius 1 is 1.33 bits per heavy atom. The first-order valence-corrected chi connectivity index (χ1v) is 6.84. The summed E-state index contributed by atoms with van der Waals surface area (Å²) in [7, 11) is 1.23. The van der Waals surface area contributed by atoms with Crippen molar-refractivity contribution in [3.8, 4) is 0 Å². The van der Waals surface area contributed by atoms with Crippen LogP contribution in [0.1, 0.15) is 32.6 Å². The van der Waals surface area contributed by atoms with Crippen LogP contribution in [0.4, 0.5) is 13.2 Å². The number of fused-ring (bicyclic) bond motifs is 1. The molecule has 0 spiro atoms. The predicted molar refractivity (Wildman–Crippen MR) is 65.3 cm³/mol. The molecule has 2 rings (SSSR count). The highest BCUT2D eigenvalue weighted by Gasteiger charge is 2.49. The number of carbonyl (C=O) groups is 2. The van der Waals surface area contributed by atoms with Gasteiger partial charge in [-0.15, -0.1) is 0 Å². The number of ether oxygens (including phenoxy) is 2. The maximum Gasteiger partial charge on any atom is 0.397 e. The van der Waals surface area contributed by atoms with Crippen LogP contribution in [0, 0.1) is 0 Å². The number of piperidine rings is 1. The van der Waals surface area contributed by atoms with E-state index in [1.165, 1.54) is 12.0 Å². The summed E-state index contributed by atoms with van der Waals surface area (Å²) in [6, 6.07) is -0.784. The van der Waals surface area contributed by atoms with Gasteiger partial charge in [-0.3, -0.25) is 4.79 Å². The quantitative estimate of drug-likeness (QED) is 0.728. The van der Waals surface area contributed by atoms with Crippen LogP contribution in [0.3, 0.4) is 0 Å². The summed E-state index contributed by atoms with van der Waals surface area (Å²) in [6.45, 7) is 1.72. The molecular formula is C13H18F3NO4. The van der Waals surface area contributed by atoms with Gasteiger partial charge in [-0.1, -0.05) is 0 Å². The highest BCUT2D eigenvalue weighted by molar-refractivity contribution is 5.79. The fraction of sp³-hybridized carbons (Fsp3) is 0.846. The molecule has 0 saturated carbocycles. The van der Waals surface area contributed by atoms with E-state index < -0.39 is 42.7 Å². The van der Waals surface area contributed by atoms with Crippen molar-refractivity contribution < 1.29 is 32.2 Å². The van der Waals surface area contributed by atoms with Crippen LogP contribution in [0.25, 0.3) is 0 Å². The van der Waals surface area contributed by atoms with E-state index in [-0.39, 0.29) is 12.5 Å². The molecule has 0 unspecified atom stereocenters. The molecule has 0 radical (unpaired) electrons. The number of hydrogen-bond donors (Lipinski definition) is 0. The Morgan fingerprint density at radius 2 is 2.00 bits per heavy atom. The van der Waals surface area contributed by atoms with Gasteiger partial charge in [-0.25, -0.2) is 4.79 Å². The second-order valence-electron chi connectivity index (χ2n) is 5.51. The van der Waals surface area contributed by atoms with Crippen molar-refractivity contribution >= 4 is 11.9 Å². The van der Waals surface area contributed by atoms with E-state index in [9.17, 15) is 22.8 Å². The van der Waals surface area contributed by atoms with Crippen molar-refractivity contribution in [3.05, 3.63) is 0 Å². The molecule has 5 nitrogen and oxygen atoms in total. The minimum atomic E-state index is -4.54. The van der Waals surface area contributed by atoms with Gasteiger partial charge >= 0.3 is 12.1 Å². The Morgan fingerprint density at radius 3 is 2.57 bits per heavy atom. The van der Waals surface area contributed by atoms with Crippen LogP contribution in [-0.2, 0) is 19.1 Å². The first-order chi connectivity index (χ1) is 9.73. The zero-order valence-electron chi connectivity index (χ0n) is 11.9. The number of carbonyl (C=O) groups excluding carboxylic acids is 2. The molecule has 2 aliphatic heterocycles. The predicted octanol–water partition coefficient (Wildman–Crippen LogP) is 1.65. The first kappa shape index (κ1) is 16.1. The molecule has 4 atom stereocenters. The van der Waals surface area contributed by atoms with E-state index >= 15 is 0 Å². The molecule has 1 amide bonds. The third kappa shape index (κ3) is 3.48. The molecule has 2 heterocycles. The third-order valence-corrected chi connectivity index (χ3v) is 4.03. The van der Waals surface area contributed by atoms with E-state index in [1.54, 1.807) is 6.92 Å². The van der Waals surface area contributed by atoms with Crippen LogP contribution in [0.5, 0.6) is 0 Å². The molecule has 8 heteroatoms. The molecule has 2 aliphatic rings. The van der Waals surface area contributed by atoms with Gasteiger partial charge in [0.05, 0.1) is 19.3 Å². The lowest BCUT2D eigenvalue weighted by molar-refractivity contribution is -0.167. The second-order valence-corrected chi connectivity index (χ2v) is 5.51. The van der Waals surface area contributed by atoms with Crippen LogP contribution in [0.2, 0.25) is 0 Å². The highest BCUT2D eigenvalue weighted by atomic mass is 19.4. The number of methoxy groups -OCH3 is 1. The average Bonchev–Trinajstić information content (AvgIpc) is 2.79. The standard InChI is InChI=1S/C13H18F3NO4/c1-7-3-4-9-8(5-10(21-9)12(19)20-2)17(7)11(18)6-13(14,15)16/h7-10H,3-6H2,1-2H3/t7-,8+,9-,10-/m0/s1. The number of amides is 1. The number of nitrogens with zero attached hydrogens (tertiary/aromatic N) is 1. The van der Waals surface area contributed by atoms with Gasteiger partial charge in [-0.05, 0) is 19.8 Å². The number of rotatable bonds is 2. The van der Waals surface area contributed by atoms with Crippen molar-refractivity contribution in [1.82, 2.24) is 4.90 Å². The van der Waals surface area contributed by atoms with Gasteiger partial charge < -0.3 is 14.4 Å². The molecule has 0 aliphatic carbocycles. The topological polar surface area (TPSA) is 55.8 Å². The van der Waals surface area contributed by atoms with E-state index in [0.717, 1.165) is 0 Å². The second kappa shape index (κ2) is 5.82. The zero-order valence-corrected chi connectivity index (χ0v) is 11.9. The molecular weight excluding hydrogens is 291 g/mol. The SMILES string of the molecule is COC(=O)[C@@H]1C[C@@H]2[C@H](CC[C@H](C)N2C(=O)CC(F)(F)F)O1. The summed E-state index contributed by atoms with van der Waals surface area (Å²) in [5.41, 5.74) is 0. The largest absolute Gasteiger partial charge is 0.467 e. The Bertz CT molecular complexity index is 426. The summed E-state index contributed by atoms with van der Waals surface area (Å²) < 4.78 is 47.4. The normalized spacial score (nSPS) is 32.7. The lowest BCUT2D eigenvalue weighted by atomic mass is 9.92. The number of hydrogen-bond acceptors (Lipinski definition) is 4. The fourth-order valence-corrected chi connectivity index (χ4v) is 3.13. The summed E-state index contributed by atoms with van der Waals surface area (Å²) in [5, 5.41) is 0. The highest BCUT2D eigenvalue weighted by Crippen LogP contribution is 2.36. The first-order valence-electron chi connectivity index (χ1n) is 6.84. The van der Waals surface area contributed by atoms with Gasteiger partial charge in [0.15, 0.2) is 6.10 Å².